The van der Waals surface area contributed by atoms with Crippen LogP contribution >= 0.6 is 0 Å². The topological polar surface area (TPSA) is 42.7 Å². The highest BCUT2D eigenvalue weighted by atomic mass is 19.4. The minimum absolute atomic E-state index is 0.257. The predicted octanol–water partition coefficient (Wildman–Crippen LogP) is 2.44. The Balaban J connectivity index is 2.16. The Kier molecular flexibility index (Phi) is 4.08. The molecule has 0 bridgehead atoms. The number of rotatable bonds is 4. The van der Waals surface area contributed by atoms with Gasteiger partial charge in [0.25, 0.3) is 0 Å². The van der Waals surface area contributed by atoms with Crippen molar-refractivity contribution < 1.29 is 13.2 Å². The monoisotopic (exact) mass is 284 g/mol. The highest BCUT2D eigenvalue weighted by molar-refractivity contribution is 5.34. The second-order valence-corrected chi connectivity index (χ2v) is 4.59. The van der Waals surface area contributed by atoms with E-state index in [9.17, 15) is 13.2 Å². The molecule has 1 atom stereocenters. The lowest BCUT2D eigenvalue weighted by molar-refractivity contribution is -0.137. The molecule has 1 unspecified atom stereocenters. The SMILES string of the molecule is CNC(C)Cc1cn(-c2ccc(C(F)(F)F)cc2)nn1. The molecule has 2 aromatic rings. The number of alkyl halides is 3. The Morgan fingerprint density at radius 1 is 1.25 bits per heavy atom. The van der Waals surface area contributed by atoms with E-state index in [1.54, 1.807) is 6.20 Å². The molecule has 108 valence electrons. The molecule has 2 rings (SSSR count). The third-order valence-corrected chi connectivity index (χ3v) is 3.01. The maximum Gasteiger partial charge on any atom is 0.416 e. The van der Waals surface area contributed by atoms with E-state index in [0.29, 0.717) is 12.1 Å². The standard InChI is InChI=1S/C13H15F3N4/c1-9(17-2)7-11-8-20(19-18-11)12-5-3-10(4-6-12)13(14,15)16/h3-6,8-9,17H,7H2,1-2H3. The molecule has 0 saturated heterocycles. The van der Waals surface area contributed by atoms with Crippen molar-refractivity contribution >= 4 is 0 Å². The molecule has 7 heteroatoms. The summed E-state index contributed by atoms with van der Waals surface area (Å²) in [6.07, 6.45) is -1.90. The molecule has 0 saturated carbocycles. The summed E-state index contributed by atoms with van der Waals surface area (Å²) in [7, 11) is 1.85. The maximum absolute atomic E-state index is 12.5. The van der Waals surface area contributed by atoms with Crippen LogP contribution in [-0.2, 0) is 12.6 Å². The minimum Gasteiger partial charge on any atom is -0.317 e. The number of likely N-dealkylation sites (N-methyl/N-ethyl adjacent to an activating group) is 1. The summed E-state index contributed by atoms with van der Waals surface area (Å²) >= 11 is 0. The summed E-state index contributed by atoms with van der Waals surface area (Å²) in [5, 5.41) is 11.0. The van der Waals surface area contributed by atoms with Gasteiger partial charge in [-0.1, -0.05) is 5.21 Å². The molecule has 0 aliphatic heterocycles. The Bertz CT molecular complexity index is 560. The average Bonchev–Trinajstić information content (AvgIpc) is 2.86. The molecule has 0 amide bonds. The van der Waals surface area contributed by atoms with Crippen LogP contribution in [0.5, 0.6) is 0 Å². The van der Waals surface area contributed by atoms with Crippen LogP contribution in [0.4, 0.5) is 13.2 Å². The van der Waals surface area contributed by atoms with E-state index in [1.165, 1.54) is 16.8 Å². The largest absolute Gasteiger partial charge is 0.416 e. The van der Waals surface area contributed by atoms with Gasteiger partial charge in [-0.3, -0.25) is 0 Å². The lowest BCUT2D eigenvalue weighted by Crippen LogP contribution is -2.23. The van der Waals surface area contributed by atoms with Gasteiger partial charge in [0.1, 0.15) is 0 Å². The molecule has 1 heterocycles. The van der Waals surface area contributed by atoms with E-state index in [2.05, 4.69) is 15.6 Å². The highest BCUT2D eigenvalue weighted by Crippen LogP contribution is 2.29. The Morgan fingerprint density at radius 3 is 2.45 bits per heavy atom. The molecule has 0 aliphatic rings. The van der Waals surface area contributed by atoms with E-state index < -0.39 is 11.7 Å². The van der Waals surface area contributed by atoms with Crippen LogP contribution in [0.15, 0.2) is 30.5 Å². The van der Waals surface area contributed by atoms with Crippen LogP contribution in [-0.4, -0.2) is 28.1 Å². The molecule has 4 nitrogen and oxygen atoms in total. The molecule has 0 spiro atoms. The van der Waals surface area contributed by atoms with Gasteiger partial charge >= 0.3 is 6.18 Å². The lowest BCUT2D eigenvalue weighted by Gasteiger charge is -2.07. The number of aromatic nitrogens is 3. The maximum atomic E-state index is 12.5. The van der Waals surface area contributed by atoms with Gasteiger partial charge in [-0.25, -0.2) is 4.68 Å². The Morgan fingerprint density at radius 2 is 1.90 bits per heavy atom. The molecule has 1 N–H and O–H groups in total. The minimum atomic E-state index is -4.33. The van der Waals surface area contributed by atoms with E-state index in [1.807, 2.05) is 14.0 Å². The van der Waals surface area contributed by atoms with Crippen LogP contribution < -0.4 is 5.32 Å². The molecule has 1 aromatic heterocycles. The fourth-order valence-corrected chi connectivity index (χ4v) is 1.74. The van der Waals surface area contributed by atoms with Gasteiger partial charge in [0.2, 0.25) is 0 Å². The summed E-state index contributed by atoms with van der Waals surface area (Å²) in [6.45, 7) is 2.01. The molecular formula is C13H15F3N4. The van der Waals surface area contributed by atoms with Gasteiger partial charge in [0, 0.05) is 12.5 Å². The first-order valence-electron chi connectivity index (χ1n) is 6.16. The third-order valence-electron chi connectivity index (χ3n) is 3.01. The van der Waals surface area contributed by atoms with Gasteiger partial charge < -0.3 is 5.32 Å². The Labute approximate surface area is 114 Å². The number of halogens is 3. The van der Waals surface area contributed by atoms with Crippen molar-refractivity contribution in [3.05, 3.63) is 41.7 Å². The van der Waals surface area contributed by atoms with E-state index >= 15 is 0 Å². The molecule has 0 fully saturated rings. The summed E-state index contributed by atoms with van der Waals surface area (Å²) in [6, 6.07) is 5.08. The lowest BCUT2D eigenvalue weighted by atomic mass is 10.2. The summed E-state index contributed by atoms with van der Waals surface area (Å²) in [4.78, 5) is 0. The van der Waals surface area contributed by atoms with E-state index in [-0.39, 0.29) is 6.04 Å². The molecular weight excluding hydrogens is 269 g/mol. The van der Waals surface area contributed by atoms with E-state index in [0.717, 1.165) is 17.8 Å². The van der Waals surface area contributed by atoms with Gasteiger partial charge in [-0.05, 0) is 38.2 Å². The number of hydrogen-bond acceptors (Lipinski definition) is 3. The number of nitrogens with zero attached hydrogens (tertiary/aromatic N) is 3. The normalized spacial score (nSPS) is 13.4. The predicted molar refractivity (Wildman–Crippen MR) is 68.6 cm³/mol. The zero-order valence-corrected chi connectivity index (χ0v) is 11.1. The van der Waals surface area contributed by atoms with Crippen LogP contribution in [0.2, 0.25) is 0 Å². The number of nitrogens with one attached hydrogen (secondary N) is 1. The fourth-order valence-electron chi connectivity index (χ4n) is 1.74. The quantitative estimate of drug-likeness (QED) is 0.937. The first-order valence-corrected chi connectivity index (χ1v) is 6.16. The summed E-state index contributed by atoms with van der Waals surface area (Å²) in [5.74, 6) is 0. The number of hydrogen-bond donors (Lipinski definition) is 1. The Hall–Kier alpha value is -1.89. The second-order valence-electron chi connectivity index (χ2n) is 4.59. The summed E-state index contributed by atoms with van der Waals surface area (Å²) < 4.78 is 38.9. The van der Waals surface area contributed by atoms with E-state index in [4.69, 9.17) is 0 Å². The van der Waals surface area contributed by atoms with Crippen molar-refractivity contribution in [3.63, 3.8) is 0 Å². The van der Waals surface area contributed by atoms with Crippen LogP contribution in [0.3, 0.4) is 0 Å². The molecule has 0 aliphatic carbocycles. The third kappa shape index (κ3) is 3.36. The summed E-state index contributed by atoms with van der Waals surface area (Å²) in [5.41, 5.74) is 0.658. The fraction of sp³-hybridized carbons (Fsp3) is 0.385. The van der Waals surface area contributed by atoms with Crippen LogP contribution in [0.1, 0.15) is 18.2 Å². The molecule has 1 aromatic carbocycles. The first-order chi connectivity index (χ1) is 9.40. The van der Waals surface area contributed by atoms with Crippen molar-refractivity contribution in [2.24, 2.45) is 0 Å². The highest BCUT2D eigenvalue weighted by Gasteiger charge is 2.30. The van der Waals surface area contributed by atoms with Gasteiger partial charge in [0.05, 0.1) is 23.1 Å². The van der Waals surface area contributed by atoms with Gasteiger partial charge in [-0.2, -0.15) is 13.2 Å². The molecule has 0 radical (unpaired) electrons. The number of benzene rings is 1. The van der Waals surface area contributed by atoms with Crippen molar-refractivity contribution in [3.8, 4) is 5.69 Å². The second kappa shape index (κ2) is 5.62. The van der Waals surface area contributed by atoms with Crippen LogP contribution in [0.25, 0.3) is 5.69 Å². The smallest absolute Gasteiger partial charge is 0.317 e. The van der Waals surface area contributed by atoms with Crippen molar-refractivity contribution in [2.75, 3.05) is 7.05 Å². The van der Waals surface area contributed by atoms with Crippen molar-refractivity contribution in [2.45, 2.75) is 25.6 Å². The average molecular weight is 284 g/mol. The molecule has 20 heavy (non-hydrogen) atoms. The zero-order chi connectivity index (χ0) is 14.8. The van der Waals surface area contributed by atoms with Crippen molar-refractivity contribution in [1.29, 1.82) is 0 Å². The first kappa shape index (κ1) is 14.5. The zero-order valence-electron chi connectivity index (χ0n) is 11.1. The van der Waals surface area contributed by atoms with Crippen LogP contribution in [0, 0.1) is 0 Å². The van der Waals surface area contributed by atoms with Crippen molar-refractivity contribution in [1.82, 2.24) is 20.3 Å². The van der Waals surface area contributed by atoms with Gasteiger partial charge in [0.15, 0.2) is 0 Å². The van der Waals surface area contributed by atoms with Gasteiger partial charge in [-0.15, -0.1) is 5.10 Å².